The minimum Gasteiger partial charge on any atom is -0.451 e. The van der Waals surface area contributed by atoms with E-state index in [0.29, 0.717) is 27.9 Å². The van der Waals surface area contributed by atoms with Gasteiger partial charge in [0.15, 0.2) is 11.4 Å². The SMILES string of the molecule is Cc1nc2c(Cl)cccn2c1NC(=O)c1ccc(-c2ccc(N3CCCCC3)cc2)o1. The smallest absolute Gasteiger partial charge is 0.292 e. The summed E-state index contributed by atoms with van der Waals surface area (Å²) in [5.41, 5.74) is 3.46. The second-order valence-corrected chi connectivity index (χ2v) is 8.22. The van der Waals surface area contributed by atoms with Gasteiger partial charge in [0, 0.05) is 30.5 Å². The first-order valence-electron chi connectivity index (χ1n) is 10.5. The summed E-state index contributed by atoms with van der Waals surface area (Å²) in [7, 11) is 0. The molecule has 1 amide bonds. The fraction of sp³-hybridized carbons (Fsp3) is 0.250. The first-order valence-corrected chi connectivity index (χ1v) is 10.9. The summed E-state index contributed by atoms with van der Waals surface area (Å²) < 4.78 is 7.62. The standard InChI is InChI=1S/C24H23ClN4O2/c1-16-22(29-15-5-6-19(25)23(29)26-16)27-24(30)21-12-11-20(31-21)17-7-9-18(10-8-17)28-13-3-2-4-14-28/h5-12,15H,2-4,13-14H2,1H3,(H,27,30). The molecule has 0 radical (unpaired) electrons. The second-order valence-electron chi connectivity index (χ2n) is 7.81. The molecule has 1 aliphatic rings. The van der Waals surface area contributed by atoms with Crippen LogP contribution in [-0.4, -0.2) is 28.4 Å². The number of aryl methyl sites for hydroxylation is 1. The predicted octanol–water partition coefficient (Wildman–Crippen LogP) is 5.80. The number of nitrogens with one attached hydrogen (secondary N) is 1. The lowest BCUT2D eigenvalue weighted by Crippen LogP contribution is -2.29. The lowest BCUT2D eigenvalue weighted by atomic mass is 10.1. The highest BCUT2D eigenvalue weighted by Crippen LogP contribution is 2.28. The molecule has 4 heterocycles. The molecule has 0 bridgehead atoms. The summed E-state index contributed by atoms with van der Waals surface area (Å²) in [6.07, 6.45) is 5.62. The maximum absolute atomic E-state index is 12.8. The highest BCUT2D eigenvalue weighted by molar-refractivity contribution is 6.33. The Morgan fingerprint density at radius 3 is 2.61 bits per heavy atom. The molecule has 6 nitrogen and oxygen atoms in total. The van der Waals surface area contributed by atoms with Gasteiger partial charge in [0.25, 0.3) is 5.91 Å². The van der Waals surface area contributed by atoms with Crippen LogP contribution in [0.25, 0.3) is 17.0 Å². The number of imidazole rings is 1. The van der Waals surface area contributed by atoms with E-state index in [-0.39, 0.29) is 11.7 Å². The molecular weight excluding hydrogens is 412 g/mol. The molecule has 1 saturated heterocycles. The van der Waals surface area contributed by atoms with Gasteiger partial charge in [-0.1, -0.05) is 11.6 Å². The largest absolute Gasteiger partial charge is 0.451 e. The Morgan fingerprint density at radius 2 is 1.84 bits per heavy atom. The van der Waals surface area contributed by atoms with E-state index in [0.717, 1.165) is 18.7 Å². The molecule has 0 unspecified atom stereocenters. The summed E-state index contributed by atoms with van der Waals surface area (Å²) in [6, 6.07) is 15.4. The summed E-state index contributed by atoms with van der Waals surface area (Å²) >= 11 is 6.21. The van der Waals surface area contributed by atoms with Gasteiger partial charge in [-0.15, -0.1) is 0 Å². The number of benzene rings is 1. The zero-order valence-electron chi connectivity index (χ0n) is 17.3. The third-order valence-electron chi connectivity index (χ3n) is 5.71. The number of anilines is 2. The number of halogens is 1. The van der Waals surface area contributed by atoms with Crippen molar-refractivity contribution in [2.75, 3.05) is 23.3 Å². The van der Waals surface area contributed by atoms with Crippen LogP contribution in [-0.2, 0) is 0 Å². The molecule has 0 spiro atoms. The average molecular weight is 435 g/mol. The number of fused-ring (bicyclic) bond motifs is 1. The number of hydrogen-bond donors (Lipinski definition) is 1. The lowest BCUT2D eigenvalue weighted by molar-refractivity contribution is 0.0997. The van der Waals surface area contributed by atoms with Crippen LogP contribution < -0.4 is 10.2 Å². The zero-order chi connectivity index (χ0) is 21.4. The quantitative estimate of drug-likeness (QED) is 0.441. The Morgan fingerprint density at radius 1 is 1.06 bits per heavy atom. The Bertz CT molecular complexity index is 1240. The molecule has 1 N–H and O–H groups in total. The third kappa shape index (κ3) is 3.79. The summed E-state index contributed by atoms with van der Waals surface area (Å²) in [5, 5.41) is 3.42. The maximum atomic E-state index is 12.8. The Labute approximate surface area is 185 Å². The van der Waals surface area contributed by atoms with Crippen molar-refractivity contribution in [3.8, 4) is 11.3 Å². The van der Waals surface area contributed by atoms with Gasteiger partial charge < -0.3 is 14.6 Å². The number of pyridine rings is 1. The molecule has 0 saturated carbocycles. The number of amides is 1. The van der Waals surface area contributed by atoms with E-state index < -0.39 is 0 Å². The van der Waals surface area contributed by atoms with Crippen LogP contribution in [0.3, 0.4) is 0 Å². The number of aromatic nitrogens is 2. The van der Waals surface area contributed by atoms with E-state index in [1.807, 2.05) is 37.4 Å². The van der Waals surface area contributed by atoms with Gasteiger partial charge in [0.2, 0.25) is 0 Å². The number of piperidine rings is 1. The maximum Gasteiger partial charge on any atom is 0.292 e. The lowest BCUT2D eigenvalue weighted by Gasteiger charge is -2.28. The molecule has 1 fully saturated rings. The molecule has 158 valence electrons. The molecule has 3 aromatic heterocycles. The molecular formula is C24H23ClN4O2. The summed E-state index contributed by atoms with van der Waals surface area (Å²) in [4.78, 5) is 19.7. The second kappa shape index (κ2) is 8.12. The van der Waals surface area contributed by atoms with Crippen molar-refractivity contribution in [1.29, 1.82) is 0 Å². The van der Waals surface area contributed by atoms with Crippen LogP contribution in [0, 0.1) is 6.92 Å². The van der Waals surface area contributed by atoms with Gasteiger partial charge in [-0.2, -0.15) is 0 Å². The first kappa shape index (κ1) is 19.7. The normalized spacial score (nSPS) is 14.2. The van der Waals surface area contributed by atoms with Crippen molar-refractivity contribution in [2.45, 2.75) is 26.2 Å². The molecule has 1 aromatic carbocycles. The van der Waals surface area contributed by atoms with Gasteiger partial charge in [0.05, 0.1) is 10.7 Å². The van der Waals surface area contributed by atoms with Crippen LogP contribution in [0.4, 0.5) is 11.5 Å². The molecule has 4 aromatic rings. The minimum absolute atomic E-state index is 0.242. The monoisotopic (exact) mass is 434 g/mol. The van der Waals surface area contributed by atoms with Crippen molar-refractivity contribution < 1.29 is 9.21 Å². The molecule has 7 heteroatoms. The fourth-order valence-electron chi connectivity index (χ4n) is 4.07. The van der Waals surface area contributed by atoms with Crippen molar-refractivity contribution in [1.82, 2.24) is 9.38 Å². The number of carbonyl (C=O) groups excluding carboxylic acids is 1. The molecule has 0 atom stereocenters. The molecule has 0 aliphatic carbocycles. The van der Waals surface area contributed by atoms with Crippen molar-refractivity contribution in [3.05, 3.63) is 71.2 Å². The van der Waals surface area contributed by atoms with Crippen LogP contribution in [0.1, 0.15) is 35.5 Å². The Kier molecular flexibility index (Phi) is 5.16. The Hall–Kier alpha value is -3.25. The summed E-state index contributed by atoms with van der Waals surface area (Å²) in [5.74, 6) is 1.15. The van der Waals surface area contributed by atoms with Crippen LogP contribution >= 0.6 is 11.6 Å². The third-order valence-corrected chi connectivity index (χ3v) is 6.01. The summed E-state index contributed by atoms with van der Waals surface area (Å²) in [6.45, 7) is 4.05. The van der Waals surface area contributed by atoms with E-state index in [1.165, 1.54) is 24.9 Å². The Balaban J connectivity index is 1.34. The van der Waals surface area contributed by atoms with Crippen molar-refractivity contribution in [2.24, 2.45) is 0 Å². The van der Waals surface area contributed by atoms with E-state index in [9.17, 15) is 4.79 Å². The van der Waals surface area contributed by atoms with E-state index >= 15 is 0 Å². The topological polar surface area (TPSA) is 62.8 Å². The number of nitrogens with zero attached hydrogens (tertiary/aromatic N) is 3. The molecule has 31 heavy (non-hydrogen) atoms. The van der Waals surface area contributed by atoms with Crippen LogP contribution in [0.15, 0.2) is 59.1 Å². The molecule has 1 aliphatic heterocycles. The van der Waals surface area contributed by atoms with Gasteiger partial charge in [-0.3, -0.25) is 9.20 Å². The highest BCUT2D eigenvalue weighted by atomic mass is 35.5. The zero-order valence-corrected chi connectivity index (χ0v) is 18.0. The number of carbonyl (C=O) groups is 1. The van der Waals surface area contributed by atoms with E-state index in [4.69, 9.17) is 16.0 Å². The number of furan rings is 1. The number of hydrogen-bond acceptors (Lipinski definition) is 4. The van der Waals surface area contributed by atoms with Gasteiger partial charge in [-0.05, 0) is 74.7 Å². The molecule has 5 rings (SSSR count). The highest BCUT2D eigenvalue weighted by Gasteiger charge is 2.18. The van der Waals surface area contributed by atoms with Crippen LogP contribution in [0.5, 0.6) is 0 Å². The number of rotatable bonds is 4. The van der Waals surface area contributed by atoms with E-state index in [1.54, 1.807) is 16.5 Å². The van der Waals surface area contributed by atoms with Crippen molar-refractivity contribution >= 4 is 34.7 Å². The van der Waals surface area contributed by atoms with E-state index in [2.05, 4.69) is 27.3 Å². The van der Waals surface area contributed by atoms with Crippen molar-refractivity contribution in [3.63, 3.8) is 0 Å². The first-order chi connectivity index (χ1) is 15.1. The van der Waals surface area contributed by atoms with Gasteiger partial charge >= 0.3 is 0 Å². The fourth-order valence-corrected chi connectivity index (χ4v) is 4.28. The minimum atomic E-state index is -0.332. The average Bonchev–Trinajstić information content (AvgIpc) is 3.41. The van der Waals surface area contributed by atoms with Crippen LogP contribution in [0.2, 0.25) is 5.02 Å². The van der Waals surface area contributed by atoms with Gasteiger partial charge in [0.1, 0.15) is 11.6 Å². The van der Waals surface area contributed by atoms with Gasteiger partial charge in [-0.25, -0.2) is 4.98 Å². The predicted molar refractivity (Wildman–Crippen MR) is 123 cm³/mol.